The van der Waals surface area contributed by atoms with Crippen LogP contribution in [0.5, 0.6) is 0 Å². The molecule has 2 atom stereocenters. The third-order valence-electron chi connectivity index (χ3n) is 4.55. The van der Waals surface area contributed by atoms with Crippen LogP contribution in [0.3, 0.4) is 0 Å². The van der Waals surface area contributed by atoms with Crippen LogP contribution in [0.2, 0.25) is 0 Å². The summed E-state index contributed by atoms with van der Waals surface area (Å²) in [5.74, 6) is 1.66. The van der Waals surface area contributed by atoms with Crippen molar-refractivity contribution in [3.05, 3.63) is 0 Å². The first-order valence-electron chi connectivity index (χ1n) is 8.91. The zero-order chi connectivity index (χ0) is 16.1. The summed E-state index contributed by atoms with van der Waals surface area (Å²) in [6.07, 6.45) is 14.6. The van der Waals surface area contributed by atoms with Crippen molar-refractivity contribution in [2.45, 2.75) is 96.0 Å². The largest absolute Gasteiger partial charge is 0.160 e. The van der Waals surface area contributed by atoms with Gasteiger partial charge in [-0.1, -0.05) is 90.8 Å². The van der Waals surface area contributed by atoms with Crippen molar-refractivity contribution in [3.8, 4) is 0 Å². The van der Waals surface area contributed by atoms with Crippen LogP contribution < -0.4 is 0 Å². The number of hydrogen-bond acceptors (Lipinski definition) is 3. The van der Waals surface area contributed by atoms with Gasteiger partial charge in [-0.2, -0.15) is 25.3 Å². The van der Waals surface area contributed by atoms with E-state index in [0.29, 0.717) is 0 Å². The Hall–Kier alpha value is 0.790. The summed E-state index contributed by atoms with van der Waals surface area (Å²) in [4.78, 5) is 1.01. The molecule has 0 aromatic rings. The average molecular weight is 349 g/mol. The van der Waals surface area contributed by atoms with Gasteiger partial charge in [0.2, 0.25) is 0 Å². The molecule has 0 aromatic heterocycles. The van der Waals surface area contributed by atoms with Crippen molar-refractivity contribution < 1.29 is 0 Å². The van der Waals surface area contributed by atoms with E-state index >= 15 is 0 Å². The lowest BCUT2D eigenvalue weighted by Crippen LogP contribution is -2.15. The first-order valence-corrected chi connectivity index (χ1v) is 10.4. The molecule has 0 nitrogen and oxygen atoms in total. The molecule has 0 rings (SSSR count). The van der Waals surface area contributed by atoms with Crippen molar-refractivity contribution in [1.82, 2.24) is 0 Å². The zero-order valence-electron chi connectivity index (χ0n) is 14.3. The van der Waals surface area contributed by atoms with Crippen molar-refractivity contribution in [2.24, 2.45) is 11.8 Å². The van der Waals surface area contributed by atoms with E-state index in [0.717, 1.165) is 23.1 Å². The maximum absolute atomic E-state index is 5.36. The van der Waals surface area contributed by atoms with E-state index in [1.165, 1.54) is 64.2 Å². The average Bonchev–Trinajstić information content (AvgIpc) is 2.46. The molecule has 0 aromatic carbocycles. The fraction of sp³-hybridized carbons (Fsp3) is 0.944. The van der Waals surface area contributed by atoms with Gasteiger partial charge in [-0.25, -0.2) is 0 Å². The third-order valence-corrected chi connectivity index (χ3v) is 5.96. The third kappa shape index (κ3) is 11.9. The van der Waals surface area contributed by atoms with Gasteiger partial charge in [0.1, 0.15) is 0 Å². The fourth-order valence-corrected chi connectivity index (χ4v) is 3.31. The highest BCUT2D eigenvalue weighted by molar-refractivity contribution is 8.02. The number of unbranched alkanes of at least 4 members (excludes halogenated alkanes) is 5. The van der Waals surface area contributed by atoms with Gasteiger partial charge in [0.15, 0.2) is 0 Å². The van der Waals surface area contributed by atoms with Gasteiger partial charge in [-0.15, -0.1) is 0 Å². The molecule has 0 N–H and O–H groups in total. The van der Waals surface area contributed by atoms with Gasteiger partial charge in [-0.3, -0.25) is 0 Å². The monoisotopic (exact) mass is 348 g/mol. The SMILES string of the molecule is CCCCCCC(CCCCC)[C@H](C)CCC(=S)C(S)S. The van der Waals surface area contributed by atoms with Crippen LogP contribution in [0.15, 0.2) is 0 Å². The summed E-state index contributed by atoms with van der Waals surface area (Å²) in [5, 5.41) is 0. The van der Waals surface area contributed by atoms with Crippen LogP contribution in [0.1, 0.15) is 91.4 Å². The number of hydrogen-bond donors (Lipinski definition) is 2. The highest BCUT2D eigenvalue weighted by atomic mass is 32.2. The lowest BCUT2D eigenvalue weighted by Gasteiger charge is -2.24. The van der Waals surface area contributed by atoms with Crippen molar-refractivity contribution in [2.75, 3.05) is 0 Å². The molecule has 0 radical (unpaired) electrons. The summed E-state index contributed by atoms with van der Waals surface area (Å²) in [6.45, 7) is 7.00. The minimum atomic E-state index is -0.0321. The Labute approximate surface area is 150 Å². The summed E-state index contributed by atoms with van der Waals surface area (Å²) < 4.78 is -0.0321. The quantitative estimate of drug-likeness (QED) is 0.146. The molecule has 21 heavy (non-hydrogen) atoms. The molecule has 0 amide bonds. The summed E-state index contributed by atoms with van der Waals surface area (Å²) in [5.41, 5.74) is 0. The van der Waals surface area contributed by atoms with E-state index < -0.39 is 0 Å². The van der Waals surface area contributed by atoms with E-state index in [-0.39, 0.29) is 4.58 Å². The minimum absolute atomic E-state index is 0.0321. The normalized spacial score (nSPS) is 14.4. The Morgan fingerprint density at radius 2 is 1.38 bits per heavy atom. The predicted octanol–water partition coefficient (Wildman–Crippen LogP) is 7.13. The summed E-state index contributed by atoms with van der Waals surface area (Å²) in [7, 11) is 0. The standard InChI is InChI=1S/C18H36S3/c1-4-6-8-10-12-16(11-9-7-5-2)15(3)13-14-17(19)18(20)21/h15-16,18,20-21H,4-14H2,1-3H3/t15-,16?/m1/s1. The van der Waals surface area contributed by atoms with E-state index in [9.17, 15) is 0 Å². The molecule has 0 saturated heterocycles. The van der Waals surface area contributed by atoms with Crippen molar-refractivity contribution >= 4 is 42.3 Å². The molecular weight excluding hydrogens is 312 g/mol. The molecular formula is C18H36S3. The minimum Gasteiger partial charge on any atom is -0.160 e. The number of thiol groups is 2. The topological polar surface area (TPSA) is 0 Å². The molecule has 126 valence electrons. The lowest BCUT2D eigenvalue weighted by atomic mass is 9.82. The first-order chi connectivity index (χ1) is 10.0. The second-order valence-electron chi connectivity index (χ2n) is 6.46. The van der Waals surface area contributed by atoms with Crippen LogP contribution in [0.25, 0.3) is 0 Å². The van der Waals surface area contributed by atoms with E-state index in [1.54, 1.807) is 0 Å². The van der Waals surface area contributed by atoms with Gasteiger partial charge in [-0.05, 0) is 24.7 Å². The fourth-order valence-electron chi connectivity index (χ4n) is 2.94. The van der Waals surface area contributed by atoms with Crippen LogP contribution in [0.4, 0.5) is 0 Å². The summed E-state index contributed by atoms with van der Waals surface area (Å²) >= 11 is 14.0. The highest BCUT2D eigenvalue weighted by Crippen LogP contribution is 2.29. The van der Waals surface area contributed by atoms with E-state index in [4.69, 9.17) is 12.2 Å². The Morgan fingerprint density at radius 1 is 0.857 bits per heavy atom. The van der Waals surface area contributed by atoms with Gasteiger partial charge >= 0.3 is 0 Å². The van der Waals surface area contributed by atoms with Crippen LogP contribution in [-0.2, 0) is 0 Å². The number of rotatable bonds is 14. The molecule has 0 saturated carbocycles. The Bertz CT molecular complexity index is 251. The van der Waals surface area contributed by atoms with Crippen LogP contribution in [0, 0.1) is 11.8 Å². The van der Waals surface area contributed by atoms with Gasteiger partial charge in [0.25, 0.3) is 0 Å². The van der Waals surface area contributed by atoms with E-state index in [2.05, 4.69) is 46.0 Å². The Balaban J connectivity index is 4.16. The molecule has 0 fully saturated rings. The first kappa shape index (κ1) is 21.8. The molecule has 0 heterocycles. The molecule has 0 spiro atoms. The van der Waals surface area contributed by atoms with Gasteiger partial charge < -0.3 is 0 Å². The van der Waals surface area contributed by atoms with Crippen molar-refractivity contribution in [1.29, 1.82) is 0 Å². The van der Waals surface area contributed by atoms with E-state index in [1.807, 2.05) is 0 Å². The van der Waals surface area contributed by atoms with Crippen molar-refractivity contribution in [3.63, 3.8) is 0 Å². The van der Waals surface area contributed by atoms with Gasteiger partial charge in [0.05, 0.1) is 4.58 Å². The summed E-state index contributed by atoms with van der Waals surface area (Å²) in [6, 6.07) is 0. The molecule has 1 unspecified atom stereocenters. The van der Waals surface area contributed by atoms with Crippen LogP contribution in [-0.4, -0.2) is 9.45 Å². The molecule has 0 aliphatic heterocycles. The Kier molecular flexibility index (Phi) is 14.9. The second kappa shape index (κ2) is 14.4. The molecule has 0 aliphatic carbocycles. The maximum atomic E-state index is 5.36. The zero-order valence-corrected chi connectivity index (χ0v) is 16.9. The maximum Gasteiger partial charge on any atom is 0.0754 e. The second-order valence-corrected chi connectivity index (χ2v) is 8.43. The van der Waals surface area contributed by atoms with Crippen LogP contribution >= 0.6 is 37.5 Å². The number of thiocarbonyl (C=S) groups is 1. The van der Waals surface area contributed by atoms with Gasteiger partial charge in [0, 0.05) is 4.86 Å². The highest BCUT2D eigenvalue weighted by Gasteiger charge is 2.17. The molecule has 3 heteroatoms. The molecule has 0 aliphatic rings. The predicted molar refractivity (Wildman–Crippen MR) is 109 cm³/mol. The molecule has 0 bridgehead atoms. The lowest BCUT2D eigenvalue weighted by molar-refractivity contribution is 0.285. The smallest absolute Gasteiger partial charge is 0.0754 e. The Morgan fingerprint density at radius 3 is 1.90 bits per heavy atom.